The SMILES string of the molecule is Cc1cc(NC(=O)C(C)(C)NC(=O)Oc2ccc(Br)s2)ccc1N1C(=S)CCC1C. The maximum atomic E-state index is 12.8. The number of carbonyl (C=O) groups excluding carboxylic acids is 2. The first-order valence-electron chi connectivity index (χ1n) is 9.56. The van der Waals surface area contributed by atoms with E-state index in [2.05, 4.69) is 38.4 Å². The molecule has 1 atom stereocenters. The van der Waals surface area contributed by atoms with Crippen LogP contribution in [0.1, 0.15) is 39.2 Å². The van der Waals surface area contributed by atoms with Crippen LogP contribution in [0.15, 0.2) is 34.1 Å². The Bertz CT molecular complexity index is 990. The van der Waals surface area contributed by atoms with E-state index in [9.17, 15) is 9.59 Å². The summed E-state index contributed by atoms with van der Waals surface area (Å²) in [6.07, 6.45) is 1.29. The monoisotopic (exact) mass is 509 g/mol. The molecular weight excluding hydrogens is 486 g/mol. The minimum absolute atomic E-state index is 0.343. The molecule has 0 saturated carbocycles. The van der Waals surface area contributed by atoms with Gasteiger partial charge in [0.2, 0.25) is 5.91 Å². The van der Waals surface area contributed by atoms with Crippen LogP contribution in [-0.4, -0.2) is 28.6 Å². The van der Waals surface area contributed by atoms with E-state index in [0.717, 1.165) is 32.9 Å². The molecule has 1 aromatic heterocycles. The highest BCUT2D eigenvalue weighted by Crippen LogP contribution is 2.32. The van der Waals surface area contributed by atoms with Crippen molar-refractivity contribution in [3.05, 3.63) is 39.7 Å². The molecule has 1 aromatic carbocycles. The molecule has 0 spiro atoms. The predicted molar refractivity (Wildman–Crippen MR) is 129 cm³/mol. The van der Waals surface area contributed by atoms with Gasteiger partial charge < -0.3 is 20.3 Å². The third kappa shape index (κ3) is 5.19. The van der Waals surface area contributed by atoms with Crippen LogP contribution in [0.3, 0.4) is 0 Å². The Balaban J connectivity index is 1.64. The molecule has 0 aliphatic carbocycles. The molecule has 1 aliphatic rings. The molecule has 3 rings (SSSR count). The summed E-state index contributed by atoms with van der Waals surface area (Å²) in [5, 5.41) is 5.92. The van der Waals surface area contributed by atoms with Crippen LogP contribution in [0.2, 0.25) is 0 Å². The fourth-order valence-electron chi connectivity index (χ4n) is 3.27. The molecule has 1 unspecified atom stereocenters. The second kappa shape index (κ2) is 9.03. The van der Waals surface area contributed by atoms with Gasteiger partial charge in [0.15, 0.2) is 5.06 Å². The number of nitrogens with zero attached hydrogens (tertiary/aromatic N) is 1. The van der Waals surface area contributed by atoms with E-state index in [1.54, 1.807) is 26.0 Å². The van der Waals surface area contributed by atoms with Gasteiger partial charge in [-0.25, -0.2) is 4.79 Å². The largest absolute Gasteiger partial charge is 0.414 e. The van der Waals surface area contributed by atoms with Crippen molar-refractivity contribution in [2.75, 3.05) is 10.2 Å². The lowest BCUT2D eigenvalue weighted by Gasteiger charge is -2.27. The van der Waals surface area contributed by atoms with Crippen molar-refractivity contribution in [2.24, 2.45) is 0 Å². The van der Waals surface area contributed by atoms with Crippen LogP contribution < -0.4 is 20.3 Å². The fraction of sp³-hybridized carbons (Fsp3) is 0.381. The van der Waals surface area contributed by atoms with Gasteiger partial charge in [0.05, 0.1) is 8.77 Å². The lowest BCUT2D eigenvalue weighted by molar-refractivity contribution is -0.121. The van der Waals surface area contributed by atoms with Crippen LogP contribution in [0.5, 0.6) is 5.06 Å². The van der Waals surface area contributed by atoms with E-state index in [1.807, 2.05) is 25.1 Å². The molecule has 2 amide bonds. The Kier molecular flexibility index (Phi) is 6.84. The molecule has 0 bridgehead atoms. The number of hydrogen-bond acceptors (Lipinski definition) is 5. The van der Waals surface area contributed by atoms with E-state index in [4.69, 9.17) is 17.0 Å². The number of amides is 2. The number of hydrogen-bond donors (Lipinski definition) is 2. The normalized spacial score (nSPS) is 16.5. The van der Waals surface area contributed by atoms with Crippen LogP contribution in [-0.2, 0) is 4.79 Å². The second-order valence-electron chi connectivity index (χ2n) is 7.80. The molecule has 160 valence electrons. The van der Waals surface area contributed by atoms with Crippen molar-refractivity contribution in [3.63, 3.8) is 0 Å². The van der Waals surface area contributed by atoms with Crippen molar-refractivity contribution in [1.82, 2.24) is 5.32 Å². The van der Waals surface area contributed by atoms with Crippen molar-refractivity contribution < 1.29 is 14.3 Å². The van der Waals surface area contributed by atoms with Gasteiger partial charge in [0.25, 0.3) is 0 Å². The first-order valence-corrected chi connectivity index (χ1v) is 11.6. The molecule has 2 N–H and O–H groups in total. The lowest BCUT2D eigenvalue weighted by Crippen LogP contribution is -2.53. The molecule has 2 aromatic rings. The van der Waals surface area contributed by atoms with Crippen molar-refractivity contribution in [2.45, 2.75) is 52.1 Å². The summed E-state index contributed by atoms with van der Waals surface area (Å²) >= 11 is 10.1. The van der Waals surface area contributed by atoms with Gasteiger partial charge in [-0.05, 0) is 85.9 Å². The van der Waals surface area contributed by atoms with Gasteiger partial charge in [0, 0.05) is 23.8 Å². The number of nitrogens with one attached hydrogen (secondary N) is 2. The number of halogens is 1. The van der Waals surface area contributed by atoms with E-state index in [0.29, 0.717) is 16.8 Å². The minimum atomic E-state index is -1.16. The molecule has 6 nitrogen and oxygen atoms in total. The van der Waals surface area contributed by atoms with Gasteiger partial charge in [-0.15, -0.1) is 0 Å². The number of aryl methyl sites for hydroxylation is 1. The Morgan fingerprint density at radius 3 is 2.60 bits per heavy atom. The molecule has 0 radical (unpaired) electrons. The number of carbonyl (C=O) groups is 2. The number of thiophene rings is 1. The van der Waals surface area contributed by atoms with Crippen LogP contribution in [0, 0.1) is 6.92 Å². The molecule has 9 heteroatoms. The van der Waals surface area contributed by atoms with Crippen LogP contribution >= 0.6 is 39.5 Å². The summed E-state index contributed by atoms with van der Waals surface area (Å²) in [6, 6.07) is 9.58. The first-order chi connectivity index (χ1) is 14.1. The summed E-state index contributed by atoms with van der Waals surface area (Å²) < 4.78 is 6.08. The zero-order chi connectivity index (χ0) is 22.1. The highest BCUT2D eigenvalue weighted by atomic mass is 79.9. The van der Waals surface area contributed by atoms with E-state index in [1.165, 1.54) is 11.3 Å². The molecular formula is C21H24BrN3O3S2. The molecule has 30 heavy (non-hydrogen) atoms. The topological polar surface area (TPSA) is 70.7 Å². The Morgan fingerprint density at radius 2 is 2.03 bits per heavy atom. The molecule has 1 saturated heterocycles. The number of rotatable bonds is 5. The Labute approximate surface area is 194 Å². The zero-order valence-electron chi connectivity index (χ0n) is 17.2. The summed E-state index contributed by atoms with van der Waals surface area (Å²) in [5.41, 5.74) is 1.58. The maximum Gasteiger partial charge on any atom is 0.414 e. The number of thiocarbonyl (C=S) groups is 1. The minimum Gasteiger partial charge on any atom is -0.399 e. The maximum absolute atomic E-state index is 12.8. The summed E-state index contributed by atoms with van der Waals surface area (Å²) in [6.45, 7) is 7.41. The van der Waals surface area contributed by atoms with Crippen molar-refractivity contribution in [3.8, 4) is 5.06 Å². The average Bonchev–Trinajstić information content (AvgIpc) is 3.20. The Hall–Kier alpha value is -1.97. The first kappa shape index (κ1) is 22.7. The highest BCUT2D eigenvalue weighted by Gasteiger charge is 2.31. The second-order valence-corrected chi connectivity index (χ2v) is 10.7. The summed E-state index contributed by atoms with van der Waals surface area (Å²) in [4.78, 5) is 28.1. The highest BCUT2D eigenvalue weighted by molar-refractivity contribution is 9.11. The number of anilines is 2. The average molecular weight is 510 g/mol. The smallest absolute Gasteiger partial charge is 0.399 e. The van der Waals surface area contributed by atoms with Gasteiger partial charge in [-0.2, -0.15) is 0 Å². The summed E-state index contributed by atoms with van der Waals surface area (Å²) in [7, 11) is 0. The predicted octanol–water partition coefficient (Wildman–Crippen LogP) is 5.64. The van der Waals surface area contributed by atoms with Gasteiger partial charge in [0.1, 0.15) is 5.54 Å². The van der Waals surface area contributed by atoms with Gasteiger partial charge in [-0.1, -0.05) is 23.6 Å². The number of benzene rings is 1. The molecule has 1 aliphatic heterocycles. The van der Waals surface area contributed by atoms with Gasteiger partial charge >= 0.3 is 6.09 Å². The zero-order valence-corrected chi connectivity index (χ0v) is 20.5. The summed E-state index contributed by atoms with van der Waals surface area (Å²) in [5.74, 6) is -0.343. The van der Waals surface area contributed by atoms with E-state index >= 15 is 0 Å². The standard InChI is InChI=1S/C21H24BrN3O3S2/c1-12-11-14(6-7-15(12)25-13(2)5-9-17(25)29)23-19(26)21(3,4)24-20(27)28-18-10-8-16(22)30-18/h6-8,10-11,13H,5,9H2,1-4H3,(H,23,26)(H,24,27). The van der Waals surface area contributed by atoms with E-state index < -0.39 is 11.6 Å². The third-order valence-electron chi connectivity index (χ3n) is 4.92. The quantitative estimate of drug-likeness (QED) is 0.510. The lowest BCUT2D eigenvalue weighted by atomic mass is 10.0. The van der Waals surface area contributed by atoms with Crippen molar-refractivity contribution in [1.29, 1.82) is 0 Å². The third-order valence-corrected chi connectivity index (χ3v) is 6.83. The van der Waals surface area contributed by atoms with Crippen molar-refractivity contribution >= 4 is 67.8 Å². The number of ether oxygens (including phenoxy) is 1. The van der Waals surface area contributed by atoms with E-state index in [-0.39, 0.29) is 5.91 Å². The van der Waals surface area contributed by atoms with Gasteiger partial charge in [-0.3, -0.25) is 4.79 Å². The van der Waals surface area contributed by atoms with Crippen LogP contribution in [0.4, 0.5) is 16.2 Å². The van der Waals surface area contributed by atoms with Crippen LogP contribution in [0.25, 0.3) is 0 Å². The fourth-order valence-corrected chi connectivity index (χ4v) is 4.86. The Morgan fingerprint density at radius 1 is 1.30 bits per heavy atom. The molecule has 2 heterocycles. The molecule has 1 fully saturated rings.